The summed E-state index contributed by atoms with van der Waals surface area (Å²) in [7, 11) is 0. The van der Waals surface area contributed by atoms with Gasteiger partial charge in [-0.15, -0.1) is 0 Å². The van der Waals surface area contributed by atoms with Gasteiger partial charge < -0.3 is 5.32 Å². The molecule has 2 aromatic rings. The number of aromatic nitrogens is 1. The second-order valence-corrected chi connectivity index (χ2v) is 4.04. The number of rotatable bonds is 4. The van der Waals surface area contributed by atoms with Crippen LogP contribution in [0.5, 0.6) is 0 Å². The van der Waals surface area contributed by atoms with E-state index in [0.29, 0.717) is 17.3 Å². The van der Waals surface area contributed by atoms with E-state index < -0.39 is 0 Å². The summed E-state index contributed by atoms with van der Waals surface area (Å²) >= 11 is 5.90. The lowest BCUT2D eigenvalue weighted by Gasteiger charge is -2.09. The van der Waals surface area contributed by atoms with Crippen molar-refractivity contribution < 1.29 is 4.39 Å². The van der Waals surface area contributed by atoms with Gasteiger partial charge >= 0.3 is 0 Å². The highest BCUT2D eigenvalue weighted by atomic mass is 35.5. The largest absolute Gasteiger partial charge is 0.381 e. The molecule has 0 amide bonds. The molecule has 0 spiro atoms. The highest BCUT2D eigenvalue weighted by Gasteiger charge is 2.05. The zero-order chi connectivity index (χ0) is 12.1. The molecule has 0 aliphatic carbocycles. The van der Waals surface area contributed by atoms with Gasteiger partial charge in [0, 0.05) is 18.9 Å². The lowest BCUT2D eigenvalue weighted by molar-refractivity contribution is 0.630. The Morgan fingerprint density at radius 1 is 1.18 bits per heavy atom. The SMILES string of the molecule is Fc1cccc(Cl)c1NCCc1ccncc1. The van der Waals surface area contributed by atoms with Gasteiger partial charge in [0.25, 0.3) is 0 Å². The van der Waals surface area contributed by atoms with Crippen LogP contribution in [-0.4, -0.2) is 11.5 Å². The molecule has 0 aliphatic heterocycles. The van der Waals surface area contributed by atoms with Gasteiger partial charge in [-0.1, -0.05) is 17.7 Å². The van der Waals surface area contributed by atoms with Gasteiger partial charge in [0.05, 0.1) is 10.7 Å². The topological polar surface area (TPSA) is 24.9 Å². The Morgan fingerprint density at radius 3 is 2.65 bits per heavy atom. The predicted molar refractivity (Wildman–Crippen MR) is 67.8 cm³/mol. The molecule has 1 aromatic heterocycles. The Kier molecular flexibility index (Phi) is 3.94. The van der Waals surface area contributed by atoms with Gasteiger partial charge in [0.1, 0.15) is 5.82 Å². The van der Waals surface area contributed by atoms with Crippen LogP contribution in [0.4, 0.5) is 10.1 Å². The number of anilines is 1. The van der Waals surface area contributed by atoms with Crippen molar-refractivity contribution >= 4 is 17.3 Å². The molecule has 0 atom stereocenters. The van der Waals surface area contributed by atoms with E-state index in [1.807, 2.05) is 12.1 Å². The summed E-state index contributed by atoms with van der Waals surface area (Å²) in [5.74, 6) is -0.327. The van der Waals surface area contributed by atoms with Crippen molar-refractivity contribution in [3.05, 3.63) is 59.1 Å². The third-order valence-electron chi connectivity index (χ3n) is 2.43. The van der Waals surface area contributed by atoms with Gasteiger partial charge in [0.2, 0.25) is 0 Å². The van der Waals surface area contributed by atoms with Crippen LogP contribution in [-0.2, 0) is 6.42 Å². The Hall–Kier alpha value is -1.61. The van der Waals surface area contributed by atoms with Crippen LogP contribution in [0.3, 0.4) is 0 Å². The third kappa shape index (κ3) is 3.17. The Balaban J connectivity index is 1.95. The Bertz CT molecular complexity index is 468. The highest BCUT2D eigenvalue weighted by Crippen LogP contribution is 2.24. The van der Waals surface area contributed by atoms with E-state index in [-0.39, 0.29) is 5.82 Å². The number of benzene rings is 1. The molecule has 0 unspecified atom stereocenters. The summed E-state index contributed by atoms with van der Waals surface area (Å²) in [6.45, 7) is 0.630. The van der Waals surface area contributed by atoms with E-state index in [4.69, 9.17) is 11.6 Å². The molecule has 2 nitrogen and oxygen atoms in total. The molecule has 0 aliphatic rings. The van der Waals surface area contributed by atoms with Gasteiger partial charge in [-0.05, 0) is 36.2 Å². The van der Waals surface area contributed by atoms with Crippen molar-refractivity contribution in [1.29, 1.82) is 0 Å². The fourth-order valence-corrected chi connectivity index (χ4v) is 1.78. The van der Waals surface area contributed by atoms with Crippen LogP contribution in [0.15, 0.2) is 42.7 Å². The molecular formula is C13H12ClFN2. The van der Waals surface area contributed by atoms with Crippen LogP contribution in [0, 0.1) is 5.82 Å². The number of hydrogen-bond donors (Lipinski definition) is 1. The highest BCUT2D eigenvalue weighted by molar-refractivity contribution is 6.33. The Labute approximate surface area is 104 Å². The van der Waals surface area contributed by atoms with E-state index in [0.717, 1.165) is 12.0 Å². The summed E-state index contributed by atoms with van der Waals surface area (Å²) in [5, 5.41) is 3.40. The van der Waals surface area contributed by atoms with E-state index in [1.54, 1.807) is 24.5 Å². The van der Waals surface area contributed by atoms with Crippen molar-refractivity contribution in [3.63, 3.8) is 0 Å². The van der Waals surface area contributed by atoms with Crippen molar-refractivity contribution in [2.75, 3.05) is 11.9 Å². The smallest absolute Gasteiger partial charge is 0.147 e. The molecule has 1 aromatic carbocycles. The molecule has 0 bridgehead atoms. The summed E-state index contributed by atoms with van der Waals surface area (Å²) in [6, 6.07) is 8.51. The van der Waals surface area contributed by atoms with Crippen LogP contribution in [0.1, 0.15) is 5.56 Å². The Morgan fingerprint density at radius 2 is 1.94 bits per heavy atom. The minimum atomic E-state index is -0.327. The number of nitrogens with zero attached hydrogens (tertiary/aromatic N) is 1. The monoisotopic (exact) mass is 250 g/mol. The lowest BCUT2D eigenvalue weighted by Crippen LogP contribution is -2.06. The minimum absolute atomic E-state index is 0.327. The molecular weight excluding hydrogens is 239 g/mol. The molecule has 0 radical (unpaired) electrons. The van der Waals surface area contributed by atoms with Crippen molar-refractivity contribution in [3.8, 4) is 0 Å². The second-order valence-electron chi connectivity index (χ2n) is 3.63. The van der Waals surface area contributed by atoms with E-state index in [9.17, 15) is 4.39 Å². The van der Waals surface area contributed by atoms with Crippen LogP contribution < -0.4 is 5.32 Å². The molecule has 17 heavy (non-hydrogen) atoms. The fraction of sp³-hybridized carbons (Fsp3) is 0.154. The van der Waals surface area contributed by atoms with E-state index in [1.165, 1.54) is 6.07 Å². The molecule has 1 N–H and O–H groups in total. The summed E-state index contributed by atoms with van der Waals surface area (Å²) in [5.41, 5.74) is 1.52. The fourth-order valence-electron chi connectivity index (χ4n) is 1.55. The predicted octanol–water partition coefficient (Wildman–Crippen LogP) is 3.53. The molecule has 0 saturated heterocycles. The lowest BCUT2D eigenvalue weighted by atomic mass is 10.2. The zero-order valence-corrected chi connectivity index (χ0v) is 9.91. The van der Waals surface area contributed by atoms with E-state index in [2.05, 4.69) is 10.3 Å². The average Bonchev–Trinajstić information content (AvgIpc) is 2.34. The summed E-state index contributed by atoms with van der Waals surface area (Å²) < 4.78 is 13.4. The maximum atomic E-state index is 13.4. The van der Waals surface area contributed by atoms with Gasteiger partial charge in [0.15, 0.2) is 0 Å². The van der Waals surface area contributed by atoms with Crippen LogP contribution in [0.2, 0.25) is 5.02 Å². The minimum Gasteiger partial charge on any atom is -0.381 e. The maximum Gasteiger partial charge on any atom is 0.147 e. The zero-order valence-electron chi connectivity index (χ0n) is 9.16. The number of nitrogens with one attached hydrogen (secondary N) is 1. The molecule has 0 saturated carbocycles. The maximum absolute atomic E-state index is 13.4. The van der Waals surface area contributed by atoms with Crippen molar-refractivity contribution in [2.45, 2.75) is 6.42 Å². The normalized spacial score (nSPS) is 10.2. The first-order valence-corrected chi connectivity index (χ1v) is 5.72. The quantitative estimate of drug-likeness (QED) is 0.898. The molecule has 4 heteroatoms. The van der Waals surface area contributed by atoms with Crippen LogP contribution in [0.25, 0.3) is 0 Å². The molecule has 88 valence electrons. The van der Waals surface area contributed by atoms with E-state index >= 15 is 0 Å². The average molecular weight is 251 g/mol. The third-order valence-corrected chi connectivity index (χ3v) is 2.74. The van der Waals surface area contributed by atoms with Crippen molar-refractivity contribution in [2.24, 2.45) is 0 Å². The first-order chi connectivity index (χ1) is 8.27. The summed E-state index contributed by atoms with van der Waals surface area (Å²) in [4.78, 5) is 3.94. The number of para-hydroxylation sites is 1. The summed E-state index contributed by atoms with van der Waals surface area (Å²) in [6.07, 6.45) is 4.28. The first-order valence-electron chi connectivity index (χ1n) is 5.34. The van der Waals surface area contributed by atoms with Crippen molar-refractivity contribution in [1.82, 2.24) is 4.98 Å². The number of halogens is 2. The number of hydrogen-bond acceptors (Lipinski definition) is 2. The molecule has 1 heterocycles. The van der Waals surface area contributed by atoms with Gasteiger partial charge in [-0.2, -0.15) is 0 Å². The van der Waals surface area contributed by atoms with Gasteiger partial charge in [-0.3, -0.25) is 4.98 Å². The second kappa shape index (κ2) is 5.64. The van der Waals surface area contributed by atoms with Gasteiger partial charge in [-0.25, -0.2) is 4.39 Å². The molecule has 2 rings (SSSR count). The number of pyridine rings is 1. The molecule has 0 fully saturated rings. The first kappa shape index (κ1) is 11.9. The van der Waals surface area contributed by atoms with Crippen LogP contribution >= 0.6 is 11.6 Å². The standard InChI is InChI=1S/C13H12ClFN2/c14-11-2-1-3-12(15)13(11)17-9-6-10-4-7-16-8-5-10/h1-5,7-8,17H,6,9H2.